The van der Waals surface area contributed by atoms with Crippen LogP contribution in [0.5, 0.6) is 0 Å². The smallest absolute Gasteiger partial charge is 0.124 e. The minimum Gasteiger partial charge on any atom is -0.330 e. The molecule has 1 heterocycles. The average molecular weight is 195 g/mol. The number of hydrogen-bond donors (Lipinski definition) is 0. The number of nitrogens with zero attached hydrogens (tertiary/aromatic N) is 2. The van der Waals surface area contributed by atoms with Crippen LogP contribution < -0.4 is 0 Å². The summed E-state index contributed by atoms with van der Waals surface area (Å²) in [6.07, 6.45) is 0. The summed E-state index contributed by atoms with van der Waals surface area (Å²) in [5, 5.41) is 0. The van der Waals surface area contributed by atoms with Crippen molar-refractivity contribution in [3.8, 4) is 0 Å². The first-order valence-corrected chi connectivity index (χ1v) is 4.74. The van der Waals surface area contributed by atoms with Gasteiger partial charge in [0.2, 0.25) is 0 Å². The number of aryl methyl sites for hydroxylation is 2. The molecule has 0 N–H and O–H groups in total. The van der Waals surface area contributed by atoms with E-state index in [1.165, 1.54) is 5.56 Å². The topological polar surface area (TPSA) is 17.8 Å². The van der Waals surface area contributed by atoms with Crippen LogP contribution in [-0.4, -0.2) is 9.55 Å². The molecule has 0 aliphatic carbocycles. The SMILES string of the molecule is Cc1cccc2c1nc(CCl)n2C. The number of fused-ring (bicyclic) bond motifs is 1. The summed E-state index contributed by atoms with van der Waals surface area (Å²) in [5.74, 6) is 1.39. The van der Waals surface area contributed by atoms with Gasteiger partial charge in [-0.25, -0.2) is 4.98 Å². The largest absolute Gasteiger partial charge is 0.330 e. The molecule has 0 saturated carbocycles. The lowest BCUT2D eigenvalue weighted by atomic mass is 10.2. The molecule has 13 heavy (non-hydrogen) atoms. The first kappa shape index (κ1) is 8.57. The van der Waals surface area contributed by atoms with E-state index in [0.717, 1.165) is 16.9 Å². The predicted octanol–water partition coefficient (Wildman–Crippen LogP) is 2.62. The van der Waals surface area contributed by atoms with E-state index < -0.39 is 0 Å². The van der Waals surface area contributed by atoms with Crippen LogP contribution in [0.2, 0.25) is 0 Å². The van der Waals surface area contributed by atoms with Gasteiger partial charge in [0.15, 0.2) is 0 Å². The Morgan fingerprint density at radius 2 is 2.23 bits per heavy atom. The standard InChI is InChI=1S/C10H11ClN2/c1-7-4-3-5-8-10(7)12-9(6-11)13(8)2/h3-5H,6H2,1-2H3. The third-order valence-electron chi connectivity index (χ3n) is 2.33. The molecule has 0 unspecified atom stereocenters. The highest BCUT2D eigenvalue weighted by molar-refractivity contribution is 6.16. The van der Waals surface area contributed by atoms with Crippen LogP contribution in [0.4, 0.5) is 0 Å². The molecule has 0 aliphatic heterocycles. The van der Waals surface area contributed by atoms with Gasteiger partial charge in [0, 0.05) is 7.05 Å². The first-order chi connectivity index (χ1) is 6.24. The average Bonchev–Trinajstić information content (AvgIpc) is 2.45. The zero-order chi connectivity index (χ0) is 9.42. The molecule has 2 aromatic rings. The lowest BCUT2D eigenvalue weighted by Gasteiger charge is -1.97. The Bertz CT molecular complexity index is 445. The molecule has 1 aromatic heterocycles. The Morgan fingerprint density at radius 1 is 1.46 bits per heavy atom. The quantitative estimate of drug-likeness (QED) is 0.639. The van der Waals surface area contributed by atoms with E-state index in [0.29, 0.717) is 5.88 Å². The molecule has 0 atom stereocenters. The molecule has 0 spiro atoms. The summed E-state index contributed by atoms with van der Waals surface area (Å²) in [7, 11) is 1.99. The molecule has 0 radical (unpaired) electrons. The number of benzene rings is 1. The van der Waals surface area contributed by atoms with E-state index >= 15 is 0 Å². The van der Waals surface area contributed by atoms with Crippen molar-refractivity contribution in [1.82, 2.24) is 9.55 Å². The second kappa shape index (κ2) is 3.04. The van der Waals surface area contributed by atoms with Crippen LogP contribution in [0.1, 0.15) is 11.4 Å². The van der Waals surface area contributed by atoms with Crippen LogP contribution in [0.15, 0.2) is 18.2 Å². The van der Waals surface area contributed by atoms with Crippen molar-refractivity contribution >= 4 is 22.6 Å². The Hall–Kier alpha value is -1.02. The molecule has 0 saturated heterocycles. The maximum Gasteiger partial charge on any atom is 0.124 e. The molecule has 0 fully saturated rings. The molecule has 2 nitrogen and oxygen atoms in total. The van der Waals surface area contributed by atoms with Crippen molar-refractivity contribution < 1.29 is 0 Å². The fourth-order valence-electron chi connectivity index (χ4n) is 1.52. The molecule has 68 valence electrons. The number of aromatic nitrogens is 2. The fraction of sp³-hybridized carbons (Fsp3) is 0.300. The van der Waals surface area contributed by atoms with Gasteiger partial charge in [-0.3, -0.25) is 0 Å². The monoisotopic (exact) mass is 194 g/mol. The Balaban J connectivity index is 2.83. The van der Waals surface area contributed by atoms with Gasteiger partial charge in [-0.2, -0.15) is 0 Å². The number of imidazole rings is 1. The minimum atomic E-state index is 0.463. The van der Waals surface area contributed by atoms with Crippen molar-refractivity contribution in [3.05, 3.63) is 29.6 Å². The molecule has 0 bridgehead atoms. The van der Waals surface area contributed by atoms with Gasteiger partial charge in [-0.1, -0.05) is 12.1 Å². The van der Waals surface area contributed by atoms with Gasteiger partial charge < -0.3 is 4.57 Å². The molecular weight excluding hydrogens is 184 g/mol. The van der Waals surface area contributed by atoms with Crippen LogP contribution in [0, 0.1) is 6.92 Å². The molecular formula is C10H11ClN2. The van der Waals surface area contributed by atoms with Crippen molar-refractivity contribution in [1.29, 1.82) is 0 Å². The van der Waals surface area contributed by atoms with E-state index in [1.54, 1.807) is 0 Å². The normalized spacial score (nSPS) is 11.0. The summed E-state index contributed by atoms with van der Waals surface area (Å²) in [6.45, 7) is 2.06. The fourth-order valence-corrected chi connectivity index (χ4v) is 1.76. The number of halogens is 1. The number of para-hydroxylation sites is 1. The van der Waals surface area contributed by atoms with Gasteiger partial charge in [-0.15, -0.1) is 11.6 Å². The predicted molar refractivity (Wildman–Crippen MR) is 55.0 cm³/mol. The highest BCUT2D eigenvalue weighted by Crippen LogP contribution is 2.18. The van der Waals surface area contributed by atoms with Gasteiger partial charge in [0.25, 0.3) is 0 Å². The van der Waals surface area contributed by atoms with Crippen molar-refractivity contribution in [2.75, 3.05) is 0 Å². The van der Waals surface area contributed by atoms with Crippen molar-refractivity contribution in [2.24, 2.45) is 7.05 Å². The van der Waals surface area contributed by atoms with E-state index in [4.69, 9.17) is 11.6 Å². The Morgan fingerprint density at radius 3 is 2.85 bits per heavy atom. The second-order valence-corrected chi connectivity index (χ2v) is 3.43. The Labute approximate surface area is 82.1 Å². The number of hydrogen-bond acceptors (Lipinski definition) is 1. The van der Waals surface area contributed by atoms with Gasteiger partial charge >= 0.3 is 0 Å². The maximum absolute atomic E-state index is 5.77. The summed E-state index contributed by atoms with van der Waals surface area (Å²) in [5.41, 5.74) is 3.40. The molecule has 2 rings (SSSR count). The third kappa shape index (κ3) is 1.22. The van der Waals surface area contributed by atoms with Crippen LogP contribution in [0.25, 0.3) is 11.0 Å². The summed E-state index contributed by atoms with van der Waals surface area (Å²) < 4.78 is 2.04. The van der Waals surface area contributed by atoms with Crippen LogP contribution >= 0.6 is 11.6 Å². The number of rotatable bonds is 1. The lowest BCUT2D eigenvalue weighted by molar-refractivity contribution is 0.874. The minimum absolute atomic E-state index is 0.463. The molecule has 1 aromatic carbocycles. The lowest BCUT2D eigenvalue weighted by Crippen LogP contribution is -1.93. The zero-order valence-corrected chi connectivity index (χ0v) is 8.47. The summed E-state index contributed by atoms with van der Waals surface area (Å²) >= 11 is 5.77. The Kier molecular flexibility index (Phi) is 2.00. The van der Waals surface area contributed by atoms with Crippen LogP contribution in [0.3, 0.4) is 0 Å². The highest BCUT2D eigenvalue weighted by Gasteiger charge is 2.07. The second-order valence-electron chi connectivity index (χ2n) is 3.16. The molecule has 0 amide bonds. The van der Waals surface area contributed by atoms with Gasteiger partial charge in [0.1, 0.15) is 5.82 Å². The van der Waals surface area contributed by atoms with E-state index in [9.17, 15) is 0 Å². The van der Waals surface area contributed by atoms with Gasteiger partial charge in [0.05, 0.1) is 16.9 Å². The van der Waals surface area contributed by atoms with Gasteiger partial charge in [-0.05, 0) is 18.6 Å². The van der Waals surface area contributed by atoms with Crippen LogP contribution in [-0.2, 0) is 12.9 Å². The number of alkyl halides is 1. The molecule has 3 heteroatoms. The zero-order valence-electron chi connectivity index (χ0n) is 7.71. The van der Waals surface area contributed by atoms with E-state index in [1.807, 2.05) is 17.7 Å². The summed E-state index contributed by atoms with van der Waals surface area (Å²) in [4.78, 5) is 4.46. The van der Waals surface area contributed by atoms with Crippen molar-refractivity contribution in [3.63, 3.8) is 0 Å². The maximum atomic E-state index is 5.77. The first-order valence-electron chi connectivity index (χ1n) is 4.21. The summed E-state index contributed by atoms with van der Waals surface area (Å²) in [6, 6.07) is 6.16. The highest BCUT2D eigenvalue weighted by atomic mass is 35.5. The van der Waals surface area contributed by atoms with E-state index in [-0.39, 0.29) is 0 Å². The van der Waals surface area contributed by atoms with Crippen molar-refractivity contribution in [2.45, 2.75) is 12.8 Å². The molecule has 0 aliphatic rings. The third-order valence-corrected chi connectivity index (χ3v) is 2.56. The van der Waals surface area contributed by atoms with E-state index in [2.05, 4.69) is 24.0 Å².